The molecule has 3 nitrogen and oxygen atoms in total. The standard InChI is InChI=1S/C19H17FO3/c1-10-14(13-5-3-4-12(8-13)9-21)11(2)16(20)17-15(10)18(22)19(23-17)6-7-19/h3-5,8,21H,6-7,9H2,1-2H3. The quantitative estimate of drug-likeness (QED) is 0.919. The van der Waals surface area contributed by atoms with Gasteiger partial charge in [0.05, 0.1) is 12.2 Å². The first kappa shape index (κ1) is 14.4. The van der Waals surface area contributed by atoms with E-state index in [1.807, 2.05) is 31.2 Å². The lowest BCUT2D eigenvalue weighted by atomic mass is 9.89. The van der Waals surface area contributed by atoms with Crippen LogP contribution in [-0.2, 0) is 6.61 Å². The zero-order valence-electron chi connectivity index (χ0n) is 13.1. The summed E-state index contributed by atoms with van der Waals surface area (Å²) in [4.78, 5) is 12.6. The molecule has 23 heavy (non-hydrogen) atoms. The molecule has 2 aromatic rings. The zero-order valence-corrected chi connectivity index (χ0v) is 13.1. The fourth-order valence-electron chi connectivity index (χ4n) is 3.51. The molecule has 4 rings (SSSR count). The average Bonchev–Trinajstić information content (AvgIpc) is 3.27. The maximum atomic E-state index is 14.8. The minimum Gasteiger partial charge on any atom is -0.475 e. The number of hydrogen-bond acceptors (Lipinski definition) is 3. The van der Waals surface area contributed by atoms with Gasteiger partial charge in [0.15, 0.2) is 17.2 Å². The predicted octanol–water partition coefficient (Wildman–Crippen LogP) is 3.71. The summed E-state index contributed by atoms with van der Waals surface area (Å²) in [5.74, 6) is -0.430. The molecule has 4 heteroatoms. The van der Waals surface area contributed by atoms with E-state index in [0.717, 1.165) is 16.7 Å². The molecule has 1 heterocycles. The number of carbonyl (C=O) groups is 1. The molecule has 2 aromatic carbocycles. The number of rotatable bonds is 2. The van der Waals surface area contributed by atoms with Crippen molar-refractivity contribution in [2.24, 2.45) is 0 Å². The third-order valence-corrected chi connectivity index (χ3v) is 4.92. The van der Waals surface area contributed by atoms with Crippen molar-refractivity contribution in [3.63, 3.8) is 0 Å². The molecule has 118 valence electrons. The SMILES string of the molecule is Cc1c(F)c2c(c(C)c1-c1cccc(CO)c1)C(=O)C1(CC1)O2. The molecule has 1 N–H and O–H groups in total. The molecule has 1 saturated carbocycles. The molecule has 0 amide bonds. The van der Waals surface area contributed by atoms with Gasteiger partial charge in [-0.3, -0.25) is 4.79 Å². The van der Waals surface area contributed by atoms with Gasteiger partial charge in [0.1, 0.15) is 0 Å². The Labute approximate surface area is 133 Å². The Morgan fingerprint density at radius 1 is 1.22 bits per heavy atom. The van der Waals surface area contributed by atoms with Crippen molar-refractivity contribution < 1.29 is 19.0 Å². The summed E-state index contributed by atoms with van der Waals surface area (Å²) in [6.45, 7) is 3.47. The van der Waals surface area contributed by atoms with Gasteiger partial charge in [-0.05, 0) is 60.6 Å². The highest BCUT2D eigenvalue weighted by molar-refractivity contribution is 6.11. The van der Waals surface area contributed by atoms with Crippen molar-refractivity contribution in [1.82, 2.24) is 0 Å². The smallest absolute Gasteiger partial charge is 0.210 e. The van der Waals surface area contributed by atoms with Gasteiger partial charge in [0.25, 0.3) is 0 Å². The van der Waals surface area contributed by atoms with Gasteiger partial charge in [0.2, 0.25) is 5.78 Å². The van der Waals surface area contributed by atoms with Crippen molar-refractivity contribution >= 4 is 5.78 Å². The fourth-order valence-corrected chi connectivity index (χ4v) is 3.51. The average molecular weight is 312 g/mol. The molecule has 0 unspecified atom stereocenters. The van der Waals surface area contributed by atoms with Crippen LogP contribution >= 0.6 is 0 Å². The van der Waals surface area contributed by atoms with Crippen LogP contribution in [0.5, 0.6) is 5.75 Å². The number of ketones is 1. The zero-order chi connectivity index (χ0) is 16.4. The van der Waals surface area contributed by atoms with Gasteiger partial charge in [-0.15, -0.1) is 0 Å². The van der Waals surface area contributed by atoms with Crippen molar-refractivity contribution in [1.29, 1.82) is 0 Å². The number of carbonyl (C=O) groups excluding carboxylic acids is 1. The minimum absolute atomic E-state index is 0.0789. The molecule has 0 aromatic heterocycles. The summed E-state index contributed by atoms with van der Waals surface area (Å²) in [5.41, 5.74) is 3.08. The molecule has 1 fully saturated rings. The third-order valence-electron chi connectivity index (χ3n) is 4.92. The van der Waals surface area contributed by atoms with Crippen LogP contribution in [0.2, 0.25) is 0 Å². The lowest BCUT2D eigenvalue weighted by molar-refractivity contribution is 0.0816. The van der Waals surface area contributed by atoms with Gasteiger partial charge in [0, 0.05) is 0 Å². The van der Waals surface area contributed by atoms with E-state index in [1.165, 1.54) is 0 Å². The van der Waals surface area contributed by atoms with E-state index in [1.54, 1.807) is 6.92 Å². The topological polar surface area (TPSA) is 46.5 Å². The molecule has 1 aliphatic carbocycles. The van der Waals surface area contributed by atoms with Crippen LogP contribution in [-0.4, -0.2) is 16.5 Å². The van der Waals surface area contributed by atoms with Crippen LogP contribution < -0.4 is 4.74 Å². The first-order valence-corrected chi connectivity index (χ1v) is 7.75. The normalized spacial score (nSPS) is 17.3. The number of halogens is 1. The number of hydrogen-bond donors (Lipinski definition) is 1. The van der Waals surface area contributed by atoms with E-state index in [0.29, 0.717) is 29.5 Å². The highest BCUT2D eigenvalue weighted by atomic mass is 19.1. The Morgan fingerprint density at radius 3 is 2.61 bits per heavy atom. The van der Waals surface area contributed by atoms with Crippen LogP contribution in [0, 0.1) is 19.7 Å². The van der Waals surface area contributed by atoms with E-state index in [2.05, 4.69) is 0 Å². The molecular formula is C19H17FO3. The van der Waals surface area contributed by atoms with E-state index in [4.69, 9.17) is 4.74 Å². The van der Waals surface area contributed by atoms with Gasteiger partial charge in [-0.2, -0.15) is 0 Å². The minimum atomic E-state index is -0.800. The number of benzene rings is 2. The predicted molar refractivity (Wildman–Crippen MR) is 84.2 cm³/mol. The monoisotopic (exact) mass is 312 g/mol. The van der Waals surface area contributed by atoms with Crippen molar-refractivity contribution in [2.45, 2.75) is 38.9 Å². The second-order valence-corrected chi connectivity index (χ2v) is 6.43. The summed E-state index contributed by atoms with van der Waals surface area (Å²) in [5, 5.41) is 9.33. The molecule has 0 atom stereocenters. The Balaban J connectivity index is 1.97. The summed E-state index contributed by atoms with van der Waals surface area (Å²) < 4.78 is 20.5. The van der Waals surface area contributed by atoms with Gasteiger partial charge in [-0.1, -0.05) is 18.2 Å². The van der Waals surface area contributed by atoms with Gasteiger partial charge < -0.3 is 9.84 Å². The lowest BCUT2D eigenvalue weighted by Gasteiger charge is -2.15. The Kier molecular flexibility index (Phi) is 2.91. The van der Waals surface area contributed by atoms with Crippen LogP contribution in [0.1, 0.15) is 39.9 Å². The van der Waals surface area contributed by atoms with E-state index in [9.17, 15) is 14.3 Å². The van der Waals surface area contributed by atoms with E-state index in [-0.39, 0.29) is 18.1 Å². The summed E-state index contributed by atoms with van der Waals surface area (Å²) in [7, 11) is 0. The third kappa shape index (κ3) is 1.88. The maximum Gasteiger partial charge on any atom is 0.210 e. The molecule has 0 saturated heterocycles. The van der Waals surface area contributed by atoms with Crippen LogP contribution in [0.3, 0.4) is 0 Å². The Hall–Kier alpha value is -2.20. The van der Waals surface area contributed by atoms with Gasteiger partial charge in [-0.25, -0.2) is 4.39 Å². The fraction of sp³-hybridized carbons (Fsp3) is 0.316. The van der Waals surface area contributed by atoms with Gasteiger partial charge >= 0.3 is 0 Å². The largest absolute Gasteiger partial charge is 0.475 e. The molecule has 0 bridgehead atoms. The summed E-state index contributed by atoms with van der Waals surface area (Å²) >= 11 is 0. The molecule has 0 radical (unpaired) electrons. The summed E-state index contributed by atoms with van der Waals surface area (Å²) in [6, 6.07) is 7.33. The first-order valence-electron chi connectivity index (χ1n) is 7.75. The van der Waals surface area contributed by atoms with Crippen LogP contribution in [0.4, 0.5) is 4.39 Å². The number of aliphatic hydroxyl groups excluding tert-OH is 1. The molecule has 1 spiro atoms. The highest BCUT2D eigenvalue weighted by Crippen LogP contribution is 2.53. The maximum absolute atomic E-state index is 14.8. The van der Waals surface area contributed by atoms with Crippen molar-refractivity contribution in [2.75, 3.05) is 0 Å². The van der Waals surface area contributed by atoms with E-state index >= 15 is 0 Å². The second kappa shape index (κ2) is 4.65. The number of aliphatic hydroxyl groups is 1. The first-order chi connectivity index (χ1) is 11.0. The Morgan fingerprint density at radius 2 is 1.96 bits per heavy atom. The molecular weight excluding hydrogens is 295 g/mol. The Bertz CT molecular complexity index is 850. The number of fused-ring (bicyclic) bond motifs is 1. The number of Topliss-reactive ketones (excluding diaryl/α,β-unsaturated/α-hetero) is 1. The lowest BCUT2D eigenvalue weighted by Crippen LogP contribution is -2.22. The van der Waals surface area contributed by atoms with Crippen molar-refractivity contribution in [3.8, 4) is 16.9 Å². The second-order valence-electron chi connectivity index (χ2n) is 6.43. The highest BCUT2D eigenvalue weighted by Gasteiger charge is 2.59. The van der Waals surface area contributed by atoms with Crippen LogP contribution in [0.25, 0.3) is 11.1 Å². The van der Waals surface area contributed by atoms with Crippen LogP contribution in [0.15, 0.2) is 24.3 Å². The summed E-state index contributed by atoms with van der Waals surface area (Å²) in [6.07, 6.45) is 1.32. The molecule has 1 aliphatic heterocycles. The van der Waals surface area contributed by atoms with E-state index < -0.39 is 11.4 Å². The number of ether oxygens (including phenoxy) is 1. The van der Waals surface area contributed by atoms with Crippen molar-refractivity contribution in [3.05, 3.63) is 52.3 Å². The molecule has 2 aliphatic rings.